The van der Waals surface area contributed by atoms with Crippen molar-refractivity contribution in [3.8, 4) is 0 Å². The van der Waals surface area contributed by atoms with E-state index in [9.17, 15) is 0 Å². The van der Waals surface area contributed by atoms with Crippen LogP contribution in [0.25, 0.3) is 0 Å². The monoisotopic (exact) mass is 236 g/mol. The van der Waals surface area contributed by atoms with Crippen LogP contribution in [0.5, 0.6) is 0 Å². The fourth-order valence-electron chi connectivity index (χ4n) is 0.151. The fraction of sp³-hybridized carbons (Fsp3) is 1.00. The van der Waals surface area contributed by atoms with Gasteiger partial charge in [0.05, 0.1) is 0 Å². The quantitative estimate of drug-likeness (QED) is 0.393. The second-order valence-corrected chi connectivity index (χ2v) is 13.1. The van der Waals surface area contributed by atoms with Crippen LogP contribution in [0.4, 0.5) is 0 Å². The van der Waals surface area contributed by atoms with Crippen molar-refractivity contribution < 1.29 is 3.63 Å². The predicted molar refractivity (Wildman–Crippen MR) is 40.8 cm³/mol. The van der Waals surface area contributed by atoms with E-state index in [-0.39, 0.29) is 0 Å². The van der Waals surface area contributed by atoms with E-state index < -0.39 is 17.0 Å². The molecule has 6 heavy (non-hydrogen) atoms. The second kappa shape index (κ2) is 2.64. The average molecular weight is 236 g/mol. The van der Waals surface area contributed by atoms with Crippen LogP contribution in [-0.4, -0.2) is 4.43 Å². The van der Waals surface area contributed by atoms with E-state index >= 15 is 0 Å². The third-order valence-electron chi connectivity index (χ3n) is 0.410. The third-order valence-corrected chi connectivity index (χ3v) is 12.4. The topological polar surface area (TPSA) is 9.23 Å². The average Bonchev–Trinajstić information content (AvgIpc) is 1.31. The fourth-order valence-corrected chi connectivity index (χ4v) is 5.54. The van der Waals surface area contributed by atoms with Gasteiger partial charge in [-0.15, -0.1) is 0 Å². The molecule has 0 unspecified atom stereocenters. The van der Waals surface area contributed by atoms with Crippen molar-refractivity contribution in [2.45, 2.75) is 6.92 Å². The molecule has 38 valence electrons. The molecule has 0 aromatic rings. The Morgan fingerprint density at radius 2 is 2.33 bits per heavy atom. The number of rotatable bonds is 1. The van der Waals surface area contributed by atoms with Gasteiger partial charge in [-0.3, -0.25) is 0 Å². The summed E-state index contributed by atoms with van der Waals surface area (Å²) in [6.07, 6.45) is 0. The first kappa shape index (κ1) is 5.53. The summed E-state index contributed by atoms with van der Waals surface area (Å²) in [5.74, 6) is 0. The van der Waals surface area contributed by atoms with Crippen LogP contribution in [0.15, 0.2) is 0 Å². The normalized spacial score (nSPS) is 26.5. The molecule has 4 heteroatoms. The van der Waals surface area contributed by atoms with Crippen LogP contribution in [-0.2, 0) is 3.63 Å². The van der Waals surface area contributed by atoms with E-state index in [1.54, 1.807) is 18.4 Å². The third kappa shape index (κ3) is 1.18. The zero-order valence-electron chi connectivity index (χ0n) is 3.31. The summed E-state index contributed by atoms with van der Waals surface area (Å²) in [4.78, 5) is 0. The molecule has 1 aliphatic heterocycles. The summed E-state index contributed by atoms with van der Waals surface area (Å²) in [6.45, 7) is 2.23. The van der Waals surface area contributed by atoms with E-state index in [0.717, 1.165) is 0 Å². The van der Waals surface area contributed by atoms with Crippen molar-refractivity contribution in [2.75, 3.05) is 4.43 Å². The Morgan fingerprint density at radius 3 is 2.33 bits per heavy atom. The minimum atomic E-state index is -0.509. The molecular weight excluding hydrogens is 231 g/mol. The molecule has 0 aliphatic carbocycles. The number of hydrogen-bond donors (Lipinski definition) is 0. The Labute approximate surface area is 50.3 Å². The van der Waals surface area contributed by atoms with Gasteiger partial charge < -0.3 is 0 Å². The molecule has 0 aromatic carbocycles. The van der Waals surface area contributed by atoms with Crippen molar-refractivity contribution in [1.82, 2.24) is 0 Å². The van der Waals surface area contributed by atoms with Gasteiger partial charge in [-0.1, -0.05) is 0 Å². The van der Waals surface area contributed by atoms with E-state index in [0.29, 0.717) is 0 Å². The molecule has 0 radical (unpaired) electrons. The maximum absolute atomic E-state index is 4.83. The number of halogens is 1. The number of hydrogen-bond acceptors (Lipinski definition) is 3. The van der Waals surface area contributed by atoms with Crippen molar-refractivity contribution in [2.24, 2.45) is 0 Å². The van der Waals surface area contributed by atoms with Crippen LogP contribution in [0, 0.1) is 0 Å². The van der Waals surface area contributed by atoms with Gasteiger partial charge in [0.15, 0.2) is 0 Å². The van der Waals surface area contributed by atoms with E-state index in [2.05, 4.69) is 6.92 Å². The molecule has 1 fully saturated rings. The van der Waals surface area contributed by atoms with Gasteiger partial charge in [-0.2, -0.15) is 0 Å². The summed E-state index contributed by atoms with van der Waals surface area (Å²) < 4.78 is 6.20. The second-order valence-electron chi connectivity index (χ2n) is 0.743. The van der Waals surface area contributed by atoms with Gasteiger partial charge in [-0.25, -0.2) is 0 Å². The van der Waals surface area contributed by atoms with Crippen LogP contribution in [0.1, 0.15) is 6.92 Å². The van der Waals surface area contributed by atoms with Crippen LogP contribution >= 0.6 is 35.5 Å². The maximum atomic E-state index is 4.83. The first-order chi connectivity index (χ1) is 2.93. The van der Waals surface area contributed by atoms with Gasteiger partial charge in [-0.05, 0) is 0 Å². The van der Waals surface area contributed by atoms with E-state index in [1.807, 2.05) is 0 Å². The Morgan fingerprint density at radius 1 is 1.67 bits per heavy atom. The molecule has 1 aliphatic rings. The van der Waals surface area contributed by atoms with Crippen molar-refractivity contribution >= 4 is 35.5 Å². The Balaban J connectivity index is 2.01. The summed E-state index contributed by atoms with van der Waals surface area (Å²) in [5.41, 5.74) is 0. The Bertz CT molecular complexity index is 44.1. The summed E-state index contributed by atoms with van der Waals surface area (Å²) in [7, 11) is 3.45. The zero-order valence-corrected chi connectivity index (χ0v) is 7.10. The Kier molecular flexibility index (Phi) is 2.43. The molecule has 0 saturated carbocycles. The van der Waals surface area contributed by atoms with E-state index in [1.165, 1.54) is 4.43 Å². The van der Waals surface area contributed by atoms with Crippen molar-refractivity contribution in [1.29, 1.82) is 0 Å². The van der Waals surface area contributed by atoms with Gasteiger partial charge in [0.1, 0.15) is 0 Å². The zero-order chi connectivity index (χ0) is 4.41. The first-order valence-corrected chi connectivity index (χ1v) is 9.71. The van der Waals surface area contributed by atoms with Crippen LogP contribution < -0.4 is 0 Å². The van der Waals surface area contributed by atoms with Gasteiger partial charge in [0.25, 0.3) is 0 Å². The first-order valence-electron chi connectivity index (χ1n) is 1.62. The molecule has 0 atom stereocenters. The molecule has 1 heterocycles. The predicted octanol–water partition coefficient (Wildman–Crippen LogP) is 2.67. The van der Waals surface area contributed by atoms with Gasteiger partial charge >= 0.3 is 50.5 Å². The summed E-state index contributed by atoms with van der Waals surface area (Å²) in [5, 5.41) is 0. The number of alkyl halides is 1. The molecule has 0 amide bonds. The molecule has 1 rings (SSSR count). The molecule has 1 nitrogen and oxygen atoms in total. The van der Waals surface area contributed by atoms with E-state index in [4.69, 9.17) is 3.63 Å². The van der Waals surface area contributed by atoms with Gasteiger partial charge in [0.2, 0.25) is 0 Å². The van der Waals surface area contributed by atoms with Crippen LogP contribution in [0.3, 0.4) is 0 Å². The molecule has 1 saturated heterocycles. The van der Waals surface area contributed by atoms with Crippen LogP contribution in [0.2, 0.25) is 0 Å². The molecule has 0 aromatic heterocycles. The Hall–Kier alpha value is 1.39. The summed E-state index contributed by atoms with van der Waals surface area (Å²) >= 11 is -0.509. The molecule has 0 N–H and O–H groups in total. The standard InChI is InChI=1S/C2H5IOS2/c1-2-3-5-4-6-3/h2H2,1H3. The van der Waals surface area contributed by atoms with Crippen molar-refractivity contribution in [3.63, 3.8) is 0 Å². The van der Waals surface area contributed by atoms with Crippen molar-refractivity contribution in [3.05, 3.63) is 0 Å². The SMILES string of the molecule is CCI1SOS1. The molecule has 0 bridgehead atoms. The molecular formula is C2H5IOS2. The van der Waals surface area contributed by atoms with Gasteiger partial charge in [0, 0.05) is 0 Å². The molecule has 0 spiro atoms. The minimum absolute atomic E-state index is 0.509. The summed E-state index contributed by atoms with van der Waals surface area (Å²) in [6, 6.07) is 0.